The van der Waals surface area contributed by atoms with Crippen molar-refractivity contribution in [3.63, 3.8) is 0 Å². The molecule has 0 spiro atoms. The summed E-state index contributed by atoms with van der Waals surface area (Å²) in [6.07, 6.45) is 5.10. The van der Waals surface area contributed by atoms with E-state index in [1.807, 2.05) is 11.0 Å². The van der Waals surface area contributed by atoms with Crippen LogP contribution >= 0.6 is 11.6 Å². The first kappa shape index (κ1) is 13.8. The summed E-state index contributed by atoms with van der Waals surface area (Å²) in [5, 5.41) is 4.70. The Morgan fingerprint density at radius 3 is 2.84 bits per heavy atom. The number of benzene rings is 1. The van der Waals surface area contributed by atoms with E-state index in [2.05, 4.69) is 11.7 Å². The minimum atomic E-state index is -0.199. The van der Waals surface area contributed by atoms with E-state index in [4.69, 9.17) is 11.6 Å². The molecule has 0 aliphatic heterocycles. The fraction of sp³-hybridized carbons (Fsp3) is 0.214. The van der Waals surface area contributed by atoms with Crippen LogP contribution in [0.4, 0.5) is 4.39 Å². The fourth-order valence-electron chi connectivity index (χ4n) is 1.84. The monoisotopic (exact) mass is 279 g/mol. The molecule has 2 rings (SSSR count). The first-order chi connectivity index (χ1) is 9.19. The van der Waals surface area contributed by atoms with Crippen molar-refractivity contribution in [1.29, 1.82) is 0 Å². The van der Waals surface area contributed by atoms with E-state index in [-0.39, 0.29) is 5.82 Å². The first-order valence-corrected chi connectivity index (χ1v) is 6.31. The molecular formula is C14H15ClFN3. The van der Waals surface area contributed by atoms with Crippen LogP contribution in [0.3, 0.4) is 0 Å². The molecule has 5 heteroatoms. The quantitative estimate of drug-likeness (QED) is 0.757. The highest BCUT2D eigenvalue weighted by atomic mass is 35.5. The van der Waals surface area contributed by atoms with Crippen molar-refractivity contribution in [2.45, 2.75) is 13.2 Å². The van der Waals surface area contributed by atoms with Gasteiger partial charge in [0.2, 0.25) is 0 Å². The van der Waals surface area contributed by atoms with Crippen LogP contribution in [0.5, 0.6) is 0 Å². The first-order valence-electron chi connectivity index (χ1n) is 5.93. The summed E-state index contributed by atoms with van der Waals surface area (Å²) in [5.74, 6) is -0.199. The third-order valence-corrected chi connectivity index (χ3v) is 2.88. The molecule has 0 saturated heterocycles. The second kappa shape index (κ2) is 6.50. The van der Waals surface area contributed by atoms with Gasteiger partial charge >= 0.3 is 0 Å². The van der Waals surface area contributed by atoms with Crippen molar-refractivity contribution in [2.75, 3.05) is 6.54 Å². The number of rotatable bonds is 6. The molecule has 0 atom stereocenters. The van der Waals surface area contributed by atoms with Crippen LogP contribution in [0.25, 0.3) is 0 Å². The van der Waals surface area contributed by atoms with E-state index >= 15 is 0 Å². The van der Waals surface area contributed by atoms with E-state index in [1.54, 1.807) is 35.3 Å². The predicted octanol–water partition coefficient (Wildman–Crippen LogP) is 3.32. The van der Waals surface area contributed by atoms with E-state index in [1.165, 1.54) is 6.07 Å². The Labute approximate surface area is 116 Å². The minimum absolute atomic E-state index is 0.199. The summed E-state index contributed by atoms with van der Waals surface area (Å²) in [7, 11) is 0. The second-order valence-corrected chi connectivity index (χ2v) is 4.67. The average Bonchev–Trinajstić information content (AvgIpc) is 2.78. The Bertz CT molecular complexity index is 553. The van der Waals surface area contributed by atoms with Crippen molar-refractivity contribution in [3.05, 3.63) is 65.7 Å². The van der Waals surface area contributed by atoms with Crippen molar-refractivity contribution in [1.82, 2.24) is 14.7 Å². The van der Waals surface area contributed by atoms with Crippen LogP contribution in [0.2, 0.25) is 5.02 Å². The maximum atomic E-state index is 13.6. The molecule has 2 aromatic rings. The van der Waals surface area contributed by atoms with Gasteiger partial charge in [-0.05, 0) is 6.07 Å². The summed E-state index contributed by atoms with van der Waals surface area (Å²) < 4.78 is 15.4. The lowest BCUT2D eigenvalue weighted by atomic mass is 10.2. The molecule has 0 bridgehead atoms. The van der Waals surface area contributed by atoms with Gasteiger partial charge in [0, 0.05) is 24.8 Å². The fourth-order valence-corrected chi connectivity index (χ4v) is 2.00. The highest BCUT2D eigenvalue weighted by molar-refractivity contribution is 6.30. The smallest absolute Gasteiger partial charge is 0.127 e. The number of hydrogen-bond acceptors (Lipinski definition) is 2. The molecule has 0 radical (unpaired) electrons. The largest absolute Gasteiger partial charge is 0.276 e. The van der Waals surface area contributed by atoms with Crippen LogP contribution in [-0.2, 0) is 13.2 Å². The molecule has 1 aromatic heterocycles. The molecule has 1 heterocycles. The maximum Gasteiger partial charge on any atom is 0.127 e. The SMILES string of the molecule is C=CCN(Cc1ccccc1F)Cn1cc(Cl)cn1. The van der Waals surface area contributed by atoms with Crippen LogP contribution in [-0.4, -0.2) is 21.2 Å². The van der Waals surface area contributed by atoms with E-state index in [0.29, 0.717) is 30.3 Å². The van der Waals surface area contributed by atoms with Crippen molar-refractivity contribution in [2.24, 2.45) is 0 Å². The molecule has 100 valence electrons. The molecule has 0 aliphatic rings. The van der Waals surface area contributed by atoms with Gasteiger partial charge in [-0.2, -0.15) is 5.10 Å². The van der Waals surface area contributed by atoms with Gasteiger partial charge in [0.1, 0.15) is 5.82 Å². The molecule has 0 amide bonds. The van der Waals surface area contributed by atoms with Gasteiger partial charge in [0.05, 0.1) is 17.9 Å². The van der Waals surface area contributed by atoms with Gasteiger partial charge in [-0.25, -0.2) is 4.39 Å². The molecule has 19 heavy (non-hydrogen) atoms. The number of aromatic nitrogens is 2. The third kappa shape index (κ3) is 3.91. The van der Waals surface area contributed by atoms with Gasteiger partial charge in [-0.15, -0.1) is 6.58 Å². The molecule has 1 aromatic carbocycles. The summed E-state index contributed by atoms with van der Waals surface area (Å²) >= 11 is 5.82. The van der Waals surface area contributed by atoms with E-state index < -0.39 is 0 Å². The summed E-state index contributed by atoms with van der Waals surface area (Å²) in [6.45, 7) is 5.40. The summed E-state index contributed by atoms with van der Waals surface area (Å²) in [4.78, 5) is 2.02. The number of hydrogen-bond donors (Lipinski definition) is 0. The Morgan fingerprint density at radius 1 is 1.42 bits per heavy atom. The van der Waals surface area contributed by atoms with Gasteiger partial charge in [0.25, 0.3) is 0 Å². The second-order valence-electron chi connectivity index (χ2n) is 4.23. The lowest BCUT2D eigenvalue weighted by Gasteiger charge is -2.20. The zero-order chi connectivity index (χ0) is 13.7. The highest BCUT2D eigenvalue weighted by Gasteiger charge is 2.09. The topological polar surface area (TPSA) is 21.1 Å². The Balaban J connectivity index is 2.08. The molecule has 0 saturated carbocycles. The van der Waals surface area contributed by atoms with Gasteiger partial charge in [-0.1, -0.05) is 35.9 Å². The normalized spacial score (nSPS) is 10.9. The molecule has 0 aliphatic carbocycles. The predicted molar refractivity (Wildman–Crippen MR) is 74.2 cm³/mol. The van der Waals surface area contributed by atoms with Gasteiger partial charge in [-0.3, -0.25) is 9.58 Å². The van der Waals surface area contributed by atoms with Crippen molar-refractivity contribution >= 4 is 11.6 Å². The Morgan fingerprint density at radius 2 is 2.21 bits per heavy atom. The Hall–Kier alpha value is -1.65. The molecule has 3 nitrogen and oxygen atoms in total. The lowest BCUT2D eigenvalue weighted by Crippen LogP contribution is -2.27. The van der Waals surface area contributed by atoms with Crippen LogP contribution < -0.4 is 0 Å². The van der Waals surface area contributed by atoms with E-state index in [9.17, 15) is 4.39 Å². The van der Waals surface area contributed by atoms with Gasteiger partial charge in [0.15, 0.2) is 0 Å². The van der Waals surface area contributed by atoms with Crippen LogP contribution in [0, 0.1) is 5.82 Å². The third-order valence-electron chi connectivity index (χ3n) is 2.69. The molecule has 0 N–H and O–H groups in total. The Kier molecular flexibility index (Phi) is 4.71. The van der Waals surface area contributed by atoms with Crippen molar-refractivity contribution < 1.29 is 4.39 Å². The average molecular weight is 280 g/mol. The number of nitrogens with zero attached hydrogens (tertiary/aromatic N) is 3. The zero-order valence-electron chi connectivity index (χ0n) is 10.5. The number of halogens is 2. The van der Waals surface area contributed by atoms with Crippen molar-refractivity contribution in [3.8, 4) is 0 Å². The van der Waals surface area contributed by atoms with Gasteiger partial charge < -0.3 is 0 Å². The molecule has 0 fully saturated rings. The zero-order valence-corrected chi connectivity index (χ0v) is 11.2. The summed E-state index contributed by atoms with van der Waals surface area (Å²) in [5.41, 5.74) is 0.655. The summed E-state index contributed by atoms with van der Waals surface area (Å²) in [6, 6.07) is 6.76. The lowest BCUT2D eigenvalue weighted by molar-refractivity contribution is 0.218. The van der Waals surface area contributed by atoms with Crippen LogP contribution in [0.15, 0.2) is 49.3 Å². The van der Waals surface area contributed by atoms with Crippen LogP contribution in [0.1, 0.15) is 5.56 Å². The van der Waals surface area contributed by atoms with E-state index in [0.717, 1.165) is 0 Å². The molecular weight excluding hydrogens is 265 g/mol. The highest BCUT2D eigenvalue weighted by Crippen LogP contribution is 2.11. The molecule has 0 unspecified atom stereocenters. The minimum Gasteiger partial charge on any atom is -0.276 e. The maximum absolute atomic E-state index is 13.6. The standard InChI is InChI=1S/C14H15ClFN3/c1-2-7-18(11-19-10-13(15)8-17-19)9-12-5-3-4-6-14(12)16/h2-6,8,10H,1,7,9,11H2.